The van der Waals surface area contributed by atoms with Gasteiger partial charge in [-0.2, -0.15) is 0 Å². The predicted molar refractivity (Wildman–Crippen MR) is 106 cm³/mol. The van der Waals surface area contributed by atoms with Crippen LogP contribution in [0.25, 0.3) is 0 Å². The van der Waals surface area contributed by atoms with Crippen LogP contribution in [-0.2, 0) is 14.8 Å². The topological polar surface area (TPSA) is 63.7 Å². The first-order valence-corrected chi connectivity index (χ1v) is 10.2. The van der Waals surface area contributed by atoms with Gasteiger partial charge in [0.05, 0.1) is 29.3 Å². The van der Waals surface area contributed by atoms with Gasteiger partial charge in [-0.1, -0.05) is 28.1 Å². The van der Waals surface area contributed by atoms with Crippen molar-refractivity contribution >= 4 is 37.6 Å². The monoisotopic (exact) mass is 437 g/mol. The van der Waals surface area contributed by atoms with Crippen molar-refractivity contribution in [3.8, 4) is 0 Å². The number of ether oxygens (including phenoxy) is 1. The van der Waals surface area contributed by atoms with Crippen LogP contribution in [-0.4, -0.2) is 27.5 Å². The Hall–Kier alpha value is -2.12. The second-order valence-corrected chi connectivity index (χ2v) is 8.23. The van der Waals surface area contributed by atoms with E-state index in [0.717, 1.165) is 4.47 Å². The highest BCUT2D eigenvalue weighted by molar-refractivity contribution is 9.10. The van der Waals surface area contributed by atoms with Crippen molar-refractivity contribution in [1.82, 2.24) is 0 Å². The summed E-state index contributed by atoms with van der Waals surface area (Å²) < 4.78 is 33.4. The Morgan fingerprint density at radius 1 is 1.23 bits per heavy atom. The van der Waals surface area contributed by atoms with Gasteiger partial charge in [-0.15, -0.1) is 6.58 Å². The summed E-state index contributed by atoms with van der Waals surface area (Å²) in [7, 11) is -3.82. The second kappa shape index (κ2) is 8.51. The van der Waals surface area contributed by atoms with Gasteiger partial charge in [0, 0.05) is 4.47 Å². The molecule has 2 rings (SSSR count). The molecule has 0 spiro atoms. The third-order valence-corrected chi connectivity index (χ3v) is 6.09. The number of sulfonamides is 1. The normalized spacial score (nSPS) is 11.0. The van der Waals surface area contributed by atoms with E-state index in [4.69, 9.17) is 4.74 Å². The lowest BCUT2D eigenvalue weighted by Crippen LogP contribution is -2.32. The summed E-state index contributed by atoms with van der Waals surface area (Å²) in [4.78, 5) is 12.3. The summed E-state index contributed by atoms with van der Waals surface area (Å²) in [5.41, 5.74) is 1.29. The molecule has 0 atom stereocenters. The lowest BCUT2D eigenvalue weighted by atomic mass is 10.1. The molecule has 0 N–H and O–H groups in total. The molecule has 7 heteroatoms. The van der Waals surface area contributed by atoms with Gasteiger partial charge in [0.1, 0.15) is 0 Å². The molecule has 0 fully saturated rings. The predicted octanol–water partition coefficient (Wildman–Crippen LogP) is 4.32. The van der Waals surface area contributed by atoms with Crippen molar-refractivity contribution < 1.29 is 17.9 Å². The molecule has 0 saturated carbocycles. The highest BCUT2D eigenvalue weighted by atomic mass is 79.9. The average Bonchev–Trinajstić information content (AvgIpc) is 2.60. The number of hydrogen-bond acceptors (Lipinski definition) is 4. The maximum Gasteiger partial charge on any atom is 0.338 e. The van der Waals surface area contributed by atoms with Gasteiger partial charge in [0.2, 0.25) is 0 Å². The number of carbonyl (C=O) groups excluding carboxylic acids is 1. The van der Waals surface area contributed by atoms with Crippen LogP contribution in [0.15, 0.2) is 64.5 Å². The fourth-order valence-corrected chi connectivity index (χ4v) is 4.26. The number of esters is 1. The first-order chi connectivity index (χ1) is 12.3. The van der Waals surface area contributed by atoms with Gasteiger partial charge in [0.25, 0.3) is 10.0 Å². The zero-order valence-corrected chi connectivity index (χ0v) is 17.0. The van der Waals surface area contributed by atoms with Crippen LogP contribution in [0.4, 0.5) is 5.69 Å². The number of halogens is 1. The standard InChI is InChI=1S/C19H20BrNO4S/c1-4-13-21(26(23,24)16-11-9-15(20)10-12-16)18-8-6-7-17(14(18)3)19(22)25-5-2/h4,6-12H,1,5,13H2,2-3H3. The molecule has 0 aliphatic heterocycles. The van der Waals surface area contributed by atoms with E-state index in [1.54, 1.807) is 44.2 Å². The highest BCUT2D eigenvalue weighted by Gasteiger charge is 2.26. The Morgan fingerprint density at radius 3 is 2.46 bits per heavy atom. The number of rotatable bonds is 7. The van der Waals surface area contributed by atoms with Crippen molar-refractivity contribution in [3.05, 3.63) is 70.7 Å². The summed E-state index contributed by atoms with van der Waals surface area (Å²) in [6, 6.07) is 11.3. The lowest BCUT2D eigenvalue weighted by molar-refractivity contribution is 0.0525. The Balaban J connectivity index is 2.57. The van der Waals surface area contributed by atoms with Crippen molar-refractivity contribution in [1.29, 1.82) is 0 Å². The molecule has 0 aliphatic rings. The summed E-state index contributed by atoms with van der Waals surface area (Å²) in [6.07, 6.45) is 1.51. The zero-order valence-electron chi connectivity index (χ0n) is 14.6. The number of benzene rings is 2. The van der Waals surface area contributed by atoms with Crippen molar-refractivity contribution in [2.45, 2.75) is 18.7 Å². The Kier molecular flexibility index (Phi) is 6.61. The Morgan fingerprint density at radius 2 is 1.88 bits per heavy atom. The third-order valence-electron chi connectivity index (χ3n) is 3.77. The fourth-order valence-electron chi connectivity index (χ4n) is 2.50. The molecule has 0 bridgehead atoms. The van der Waals surface area contributed by atoms with E-state index < -0.39 is 16.0 Å². The molecule has 0 saturated heterocycles. The number of nitrogens with zero attached hydrogens (tertiary/aromatic N) is 1. The SMILES string of the molecule is C=CCN(c1cccc(C(=O)OCC)c1C)S(=O)(=O)c1ccc(Br)cc1. The maximum atomic E-state index is 13.1. The van der Waals surface area contributed by atoms with E-state index in [0.29, 0.717) is 16.8 Å². The minimum Gasteiger partial charge on any atom is -0.462 e. The number of hydrogen-bond donors (Lipinski definition) is 0. The number of carbonyl (C=O) groups is 1. The van der Waals surface area contributed by atoms with E-state index in [-0.39, 0.29) is 18.0 Å². The van der Waals surface area contributed by atoms with E-state index in [9.17, 15) is 13.2 Å². The largest absolute Gasteiger partial charge is 0.462 e. The first-order valence-electron chi connectivity index (χ1n) is 7.98. The van der Waals surface area contributed by atoms with Crippen LogP contribution in [0.1, 0.15) is 22.8 Å². The Bertz CT molecular complexity index is 908. The van der Waals surface area contributed by atoms with Crippen molar-refractivity contribution in [2.24, 2.45) is 0 Å². The first kappa shape index (κ1) is 20.2. The fraction of sp³-hybridized carbons (Fsp3) is 0.211. The maximum absolute atomic E-state index is 13.1. The van der Waals surface area contributed by atoms with Crippen molar-refractivity contribution in [3.63, 3.8) is 0 Å². The van der Waals surface area contributed by atoms with Crippen LogP contribution in [0.2, 0.25) is 0 Å². The molecule has 2 aromatic carbocycles. The quantitative estimate of drug-likeness (QED) is 0.477. The van der Waals surface area contributed by atoms with E-state index in [2.05, 4.69) is 22.5 Å². The molecule has 0 unspecified atom stereocenters. The average molecular weight is 438 g/mol. The summed E-state index contributed by atoms with van der Waals surface area (Å²) >= 11 is 3.30. The summed E-state index contributed by atoms with van der Waals surface area (Å²) in [5, 5.41) is 0. The van der Waals surface area contributed by atoms with Gasteiger partial charge in [-0.25, -0.2) is 13.2 Å². The van der Waals surface area contributed by atoms with Gasteiger partial charge >= 0.3 is 5.97 Å². The molecule has 5 nitrogen and oxygen atoms in total. The van der Waals surface area contributed by atoms with Gasteiger partial charge in [-0.3, -0.25) is 4.31 Å². The summed E-state index contributed by atoms with van der Waals surface area (Å²) in [5.74, 6) is -0.480. The molecule has 0 heterocycles. The molecule has 138 valence electrons. The molecule has 2 aromatic rings. The molecule has 0 aromatic heterocycles. The van der Waals surface area contributed by atoms with Crippen LogP contribution in [0.5, 0.6) is 0 Å². The van der Waals surface area contributed by atoms with Crippen molar-refractivity contribution in [2.75, 3.05) is 17.5 Å². The van der Waals surface area contributed by atoms with Crippen LogP contribution >= 0.6 is 15.9 Å². The van der Waals surface area contributed by atoms with Gasteiger partial charge < -0.3 is 4.74 Å². The van der Waals surface area contributed by atoms with E-state index >= 15 is 0 Å². The summed E-state index contributed by atoms with van der Waals surface area (Å²) in [6.45, 7) is 7.40. The highest BCUT2D eigenvalue weighted by Crippen LogP contribution is 2.29. The van der Waals surface area contributed by atoms with Gasteiger partial charge in [-0.05, 0) is 55.8 Å². The van der Waals surface area contributed by atoms with E-state index in [1.165, 1.54) is 22.5 Å². The molecule has 0 amide bonds. The minimum atomic E-state index is -3.82. The molecule has 0 radical (unpaired) electrons. The molecular weight excluding hydrogens is 418 g/mol. The second-order valence-electron chi connectivity index (χ2n) is 5.45. The molecular formula is C19H20BrNO4S. The van der Waals surface area contributed by atoms with Crippen LogP contribution in [0, 0.1) is 6.92 Å². The zero-order chi connectivity index (χ0) is 19.3. The van der Waals surface area contributed by atoms with Crippen LogP contribution in [0.3, 0.4) is 0 Å². The molecule has 0 aliphatic carbocycles. The smallest absolute Gasteiger partial charge is 0.338 e. The van der Waals surface area contributed by atoms with Gasteiger partial charge in [0.15, 0.2) is 0 Å². The molecule has 26 heavy (non-hydrogen) atoms. The lowest BCUT2D eigenvalue weighted by Gasteiger charge is -2.25. The van der Waals surface area contributed by atoms with E-state index in [1.807, 2.05) is 0 Å². The Labute approximate surface area is 162 Å². The third kappa shape index (κ3) is 4.16. The number of anilines is 1. The van der Waals surface area contributed by atoms with Crippen LogP contribution < -0.4 is 4.31 Å². The minimum absolute atomic E-state index is 0.0749.